The molecule has 2 aliphatic heterocycles. The van der Waals surface area contributed by atoms with Crippen LogP contribution in [0.4, 0.5) is 0 Å². The van der Waals surface area contributed by atoms with E-state index in [9.17, 15) is 45.3 Å². The summed E-state index contributed by atoms with van der Waals surface area (Å²) in [4.78, 5) is 24.4. The average molecular weight is 737 g/mol. The molecule has 11 atom stereocenters. The van der Waals surface area contributed by atoms with E-state index in [-0.39, 0.29) is 26.1 Å². The van der Waals surface area contributed by atoms with Gasteiger partial charge in [-0.15, -0.1) is 0 Å². The number of aliphatic hydroxyl groups excluding tert-OH is 7. The van der Waals surface area contributed by atoms with Crippen molar-refractivity contribution in [2.45, 2.75) is 178 Å². The number of hydrogen-bond donors (Lipinski definition) is 7. The van der Waals surface area contributed by atoms with Gasteiger partial charge in [0.1, 0.15) is 55.4 Å². The molecule has 0 radical (unpaired) electrons. The van der Waals surface area contributed by atoms with Crippen LogP contribution in [0.2, 0.25) is 0 Å². The van der Waals surface area contributed by atoms with Crippen LogP contribution in [0.25, 0.3) is 0 Å². The van der Waals surface area contributed by atoms with Crippen molar-refractivity contribution >= 4 is 11.9 Å². The van der Waals surface area contributed by atoms with Gasteiger partial charge in [0.15, 0.2) is 18.7 Å². The lowest BCUT2D eigenvalue weighted by atomic mass is 9.98. The Balaban J connectivity index is 1.77. The molecule has 0 spiro atoms. The lowest BCUT2D eigenvalue weighted by Crippen LogP contribution is -2.61. The molecule has 2 fully saturated rings. The Kier molecular flexibility index (Phi) is 23.2. The first-order valence-corrected chi connectivity index (χ1v) is 18.8. The Labute approximate surface area is 301 Å². The summed E-state index contributed by atoms with van der Waals surface area (Å²) in [6, 6.07) is 0. The minimum atomic E-state index is -1.76. The SMILES string of the molecule is CCCCCCCC/C=C\CCCCCCCC(=O)OC(COC(=O)CC)COC1OC(COC2OC(CO)C(O)C(O)C2O)C(O)C(O)C1O. The van der Waals surface area contributed by atoms with Gasteiger partial charge in [-0.25, -0.2) is 0 Å². The van der Waals surface area contributed by atoms with Crippen molar-refractivity contribution < 1.29 is 73.8 Å². The number of unbranched alkanes of at least 4 members (excludes halogenated alkanes) is 11. The smallest absolute Gasteiger partial charge is 0.306 e. The second-order valence-corrected chi connectivity index (χ2v) is 13.4. The van der Waals surface area contributed by atoms with E-state index in [2.05, 4.69) is 19.1 Å². The van der Waals surface area contributed by atoms with Gasteiger partial charge in [0.25, 0.3) is 0 Å². The third kappa shape index (κ3) is 16.8. The summed E-state index contributed by atoms with van der Waals surface area (Å²) in [6.45, 7) is 1.92. The summed E-state index contributed by atoms with van der Waals surface area (Å²) < 4.78 is 32.6. The second-order valence-electron chi connectivity index (χ2n) is 13.4. The molecule has 15 nitrogen and oxygen atoms in total. The zero-order valence-corrected chi connectivity index (χ0v) is 30.3. The van der Waals surface area contributed by atoms with Crippen LogP contribution in [0.15, 0.2) is 12.2 Å². The maximum absolute atomic E-state index is 12.6. The van der Waals surface area contributed by atoms with Crippen LogP contribution in [-0.2, 0) is 38.0 Å². The van der Waals surface area contributed by atoms with Crippen molar-refractivity contribution in [2.24, 2.45) is 0 Å². The highest BCUT2D eigenvalue weighted by atomic mass is 16.7. The maximum atomic E-state index is 12.6. The molecule has 0 saturated carbocycles. The number of allylic oxidation sites excluding steroid dienone is 2. The van der Waals surface area contributed by atoms with Crippen molar-refractivity contribution in [1.29, 1.82) is 0 Å². The number of ether oxygens (including phenoxy) is 6. The summed E-state index contributed by atoms with van der Waals surface area (Å²) >= 11 is 0. The molecule has 51 heavy (non-hydrogen) atoms. The molecule has 7 N–H and O–H groups in total. The van der Waals surface area contributed by atoms with Gasteiger partial charge >= 0.3 is 11.9 Å². The van der Waals surface area contributed by atoms with E-state index in [4.69, 9.17) is 28.4 Å². The Bertz CT molecular complexity index is 965. The van der Waals surface area contributed by atoms with Crippen LogP contribution in [0.3, 0.4) is 0 Å². The average Bonchev–Trinajstić information content (AvgIpc) is 3.13. The van der Waals surface area contributed by atoms with E-state index < -0.39 is 92.7 Å². The van der Waals surface area contributed by atoms with Crippen LogP contribution in [0, 0.1) is 0 Å². The molecule has 0 aromatic carbocycles. The van der Waals surface area contributed by atoms with Crippen molar-refractivity contribution in [2.75, 3.05) is 26.4 Å². The highest BCUT2D eigenvalue weighted by molar-refractivity contribution is 5.70. The Morgan fingerprint density at radius 3 is 1.75 bits per heavy atom. The fraction of sp³-hybridized carbons (Fsp3) is 0.889. The first kappa shape index (κ1) is 45.4. The van der Waals surface area contributed by atoms with E-state index in [1.807, 2.05) is 0 Å². The predicted molar refractivity (Wildman–Crippen MR) is 183 cm³/mol. The molecule has 298 valence electrons. The summed E-state index contributed by atoms with van der Waals surface area (Å²) in [7, 11) is 0. The first-order valence-electron chi connectivity index (χ1n) is 18.8. The minimum Gasteiger partial charge on any atom is -0.462 e. The molecule has 0 aliphatic carbocycles. The van der Waals surface area contributed by atoms with Gasteiger partial charge in [0.05, 0.1) is 19.8 Å². The zero-order valence-electron chi connectivity index (χ0n) is 30.3. The predicted octanol–water partition coefficient (Wildman–Crippen LogP) is 1.53. The van der Waals surface area contributed by atoms with Crippen LogP contribution < -0.4 is 0 Å². The van der Waals surface area contributed by atoms with Crippen LogP contribution in [0.1, 0.15) is 110 Å². The lowest BCUT2D eigenvalue weighted by molar-refractivity contribution is -0.332. The van der Waals surface area contributed by atoms with E-state index in [0.717, 1.165) is 38.5 Å². The zero-order chi connectivity index (χ0) is 37.6. The fourth-order valence-electron chi connectivity index (χ4n) is 5.78. The minimum absolute atomic E-state index is 0.0983. The van der Waals surface area contributed by atoms with E-state index in [1.54, 1.807) is 6.92 Å². The molecule has 15 heteroatoms. The number of hydrogen-bond acceptors (Lipinski definition) is 15. The standard InChI is InChI=1S/C36H64O15/c1-3-5-6-7-8-9-10-11-12-13-14-15-16-17-18-19-28(39)49-24(21-46-27(38)4-2)22-47-35-34(45)32(43)30(41)26(51-35)23-48-36-33(44)31(42)29(40)25(20-37)50-36/h11-12,24-26,29-37,40-45H,3-10,13-23H2,1-2H3/b12-11-. The maximum Gasteiger partial charge on any atom is 0.306 e. The van der Waals surface area contributed by atoms with Gasteiger partial charge in [-0.1, -0.05) is 77.4 Å². The van der Waals surface area contributed by atoms with Crippen molar-refractivity contribution in [3.05, 3.63) is 12.2 Å². The second kappa shape index (κ2) is 26.1. The monoisotopic (exact) mass is 736 g/mol. The topological polar surface area (TPSA) is 231 Å². The molecular weight excluding hydrogens is 672 g/mol. The summed E-state index contributed by atoms with van der Waals surface area (Å²) in [5, 5.41) is 71.0. The molecule has 2 heterocycles. The largest absolute Gasteiger partial charge is 0.462 e. The third-order valence-corrected chi connectivity index (χ3v) is 9.05. The Morgan fingerprint density at radius 1 is 0.627 bits per heavy atom. The van der Waals surface area contributed by atoms with E-state index >= 15 is 0 Å². The van der Waals surface area contributed by atoms with E-state index in [1.165, 1.54) is 38.5 Å². The number of carbonyl (C=O) groups excluding carboxylic acids is 2. The fourth-order valence-corrected chi connectivity index (χ4v) is 5.78. The highest BCUT2D eigenvalue weighted by Gasteiger charge is 2.47. The number of esters is 2. The molecule has 0 aromatic rings. The van der Waals surface area contributed by atoms with Gasteiger partial charge in [-0.2, -0.15) is 0 Å². The van der Waals surface area contributed by atoms with E-state index in [0.29, 0.717) is 6.42 Å². The van der Waals surface area contributed by atoms with Crippen molar-refractivity contribution in [3.8, 4) is 0 Å². The van der Waals surface area contributed by atoms with Gasteiger partial charge in [0.2, 0.25) is 0 Å². The molecule has 2 saturated heterocycles. The molecule has 0 amide bonds. The third-order valence-electron chi connectivity index (χ3n) is 9.05. The summed E-state index contributed by atoms with van der Waals surface area (Å²) in [6.07, 6.45) is 2.58. The number of carbonyl (C=O) groups is 2. The van der Waals surface area contributed by atoms with Crippen molar-refractivity contribution in [3.63, 3.8) is 0 Å². The van der Waals surface area contributed by atoms with Gasteiger partial charge in [-0.3, -0.25) is 9.59 Å². The normalized spacial score (nSPS) is 30.4. The summed E-state index contributed by atoms with van der Waals surface area (Å²) in [5.74, 6) is -1.04. The molecule has 0 bridgehead atoms. The molecule has 0 aromatic heterocycles. The Morgan fingerprint density at radius 2 is 1.16 bits per heavy atom. The Hall–Kier alpha value is -1.76. The van der Waals surface area contributed by atoms with Crippen LogP contribution >= 0.6 is 0 Å². The molecule has 2 rings (SSSR count). The van der Waals surface area contributed by atoms with Crippen molar-refractivity contribution in [1.82, 2.24) is 0 Å². The van der Waals surface area contributed by atoms with Gasteiger partial charge < -0.3 is 64.2 Å². The molecule has 2 aliphatic rings. The molecule has 11 unspecified atom stereocenters. The molecular formula is C36H64O15. The van der Waals surface area contributed by atoms with Crippen LogP contribution in [0.5, 0.6) is 0 Å². The van der Waals surface area contributed by atoms with Gasteiger partial charge in [0, 0.05) is 12.8 Å². The number of aliphatic hydroxyl groups is 7. The van der Waals surface area contributed by atoms with Gasteiger partial charge in [-0.05, 0) is 32.1 Å². The quantitative estimate of drug-likeness (QED) is 0.0379. The number of rotatable bonds is 26. The van der Waals surface area contributed by atoms with Crippen LogP contribution in [-0.4, -0.2) is 142 Å². The first-order chi connectivity index (χ1) is 24.5. The summed E-state index contributed by atoms with van der Waals surface area (Å²) in [5.41, 5.74) is 0. The highest BCUT2D eigenvalue weighted by Crippen LogP contribution is 2.26. The lowest BCUT2D eigenvalue weighted by Gasteiger charge is -2.42.